The lowest BCUT2D eigenvalue weighted by atomic mass is 10.1. The molecule has 1 heterocycles. The highest BCUT2D eigenvalue weighted by Crippen LogP contribution is 2.27. The molecule has 1 aliphatic rings. The van der Waals surface area contributed by atoms with E-state index in [9.17, 15) is 9.59 Å². The van der Waals surface area contributed by atoms with Crippen LogP contribution in [0, 0.1) is 5.92 Å². The van der Waals surface area contributed by atoms with Crippen LogP contribution < -0.4 is 10.2 Å². The Morgan fingerprint density at radius 3 is 2.61 bits per heavy atom. The van der Waals surface area contributed by atoms with Gasteiger partial charge in [0.1, 0.15) is 0 Å². The lowest BCUT2D eigenvalue weighted by molar-refractivity contribution is -0.126. The third kappa shape index (κ3) is 5.42. The van der Waals surface area contributed by atoms with E-state index in [-0.39, 0.29) is 30.3 Å². The Bertz CT molecular complexity index is 836. The monoisotopic (exact) mass is 444 g/mol. The Balaban J connectivity index is 1.52. The molecule has 1 atom stereocenters. The molecule has 0 spiro atoms. The predicted molar refractivity (Wildman–Crippen MR) is 113 cm³/mol. The van der Waals surface area contributed by atoms with Crippen molar-refractivity contribution in [2.24, 2.45) is 5.92 Å². The van der Waals surface area contributed by atoms with Crippen LogP contribution in [0.15, 0.2) is 53.0 Å². The summed E-state index contributed by atoms with van der Waals surface area (Å²) >= 11 is 3.42. The van der Waals surface area contributed by atoms with Gasteiger partial charge in [0.05, 0.1) is 18.6 Å². The van der Waals surface area contributed by atoms with Crippen molar-refractivity contribution < 1.29 is 14.3 Å². The molecule has 2 aromatic carbocycles. The molecule has 2 aromatic rings. The topological polar surface area (TPSA) is 58.6 Å². The zero-order valence-electron chi connectivity index (χ0n) is 16.2. The fraction of sp³-hybridized carbons (Fsp3) is 0.364. The maximum atomic E-state index is 12.5. The molecule has 0 aromatic heterocycles. The number of amides is 2. The summed E-state index contributed by atoms with van der Waals surface area (Å²) in [7, 11) is 0. The van der Waals surface area contributed by atoms with Gasteiger partial charge in [0.25, 0.3) is 0 Å². The van der Waals surface area contributed by atoms with E-state index in [0.717, 1.165) is 21.3 Å². The number of carbonyl (C=O) groups is 2. The molecule has 1 N–H and O–H groups in total. The first kappa shape index (κ1) is 20.6. The smallest absolute Gasteiger partial charge is 0.227 e. The number of hydrogen-bond donors (Lipinski definition) is 1. The van der Waals surface area contributed by atoms with Crippen LogP contribution in [0.25, 0.3) is 0 Å². The molecular formula is C22H25BrN2O3. The van der Waals surface area contributed by atoms with Crippen LogP contribution in [0.2, 0.25) is 0 Å². The van der Waals surface area contributed by atoms with Gasteiger partial charge in [-0.2, -0.15) is 0 Å². The maximum Gasteiger partial charge on any atom is 0.227 e. The lowest BCUT2D eigenvalue weighted by Crippen LogP contribution is -2.32. The summed E-state index contributed by atoms with van der Waals surface area (Å²) in [6, 6.07) is 15.6. The van der Waals surface area contributed by atoms with Gasteiger partial charge in [0.2, 0.25) is 11.8 Å². The molecule has 0 bridgehead atoms. The second-order valence-electron chi connectivity index (χ2n) is 7.28. The van der Waals surface area contributed by atoms with Crippen LogP contribution in [0.5, 0.6) is 0 Å². The Morgan fingerprint density at radius 1 is 1.21 bits per heavy atom. The minimum atomic E-state index is -0.329. The first-order valence-corrected chi connectivity index (χ1v) is 10.2. The van der Waals surface area contributed by atoms with Crippen molar-refractivity contribution in [2.45, 2.75) is 39.5 Å². The summed E-state index contributed by atoms with van der Waals surface area (Å²) in [5.74, 6) is -0.434. The van der Waals surface area contributed by atoms with Crippen LogP contribution in [-0.4, -0.2) is 24.5 Å². The summed E-state index contributed by atoms with van der Waals surface area (Å²) in [6.45, 7) is 5.46. The van der Waals surface area contributed by atoms with Crippen LogP contribution >= 0.6 is 15.9 Å². The van der Waals surface area contributed by atoms with Crippen LogP contribution in [-0.2, 0) is 27.5 Å². The summed E-state index contributed by atoms with van der Waals surface area (Å²) in [5.41, 5.74) is 2.94. The minimum absolute atomic E-state index is 0.0206. The van der Waals surface area contributed by atoms with Crippen molar-refractivity contribution in [3.8, 4) is 0 Å². The largest absolute Gasteiger partial charge is 0.374 e. The molecule has 1 fully saturated rings. The number of ether oxygens (including phenoxy) is 1. The van der Waals surface area contributed by atoms with Gasteiger partial charge in [-0.1, -0.05) is 46.3 Å². The number of nitrogens with one attached hydrogen (secondary N) is 1. The van der Waals surface area contributed by atoms with Crippen LogP contribution in [0.1, 0.15) is 31.4 Å². The molecule has 1 saturated heterocycles. The summed E-state index contributed by atoms with van der Waals surface area (Å²) in [6.07, 6.45) is 0.439. The van der Waals surface area contributed by atoms with Gasteiger partial charge in [-0.25, -0.2) is 0 Å². The first-order chi connectivity index (χ1) is 13.4. The number of hydrogen-bond acceptors (Lipinski definition) is 3. The number of benzene rings is 2. The van der Waals surface area contributed by atoms with Crippen molar-refractivity contribution in [1.82, 2.24) is 5.32 Å². The molecule has 6 heteroatoms. The summed E-state index contributed by atoms with van der Waals surface area (Å²) < 4.78 is 6.50. The third-order valence-corrected chi connectivity index (χ3v) is 5.18. The molecule has 1 aliphatic heterocycles. The highest BCUT2D eigenvalue weighted by atomic mass is 79.9. The number of halogens is 1. The maximum absolute atomic E-state index is 12.5. The quantitative estimate of drug-likeness (QED) is 0.700. The van der Waals surface area contributed by atoms with Crippen molar-refractivity contribution in [3.63, 3.8) is 0 Å². The Labute approximate surface area is 174 Å². The van der Waals surface area contributed by atoms with E-state index in [0.29, 0.717) is 19.7 Å². The molecule has 0 radical (unpaired) electrons. The average Bonchev–Trinajstić information content (AvgIpc) is 3.07. The predicted octanol–water partition coefficient (Wildman–Crippen LogP) is 4.04. The number of nitrogens with zero attached hydrogens (tertiary/aromatic N) is 1. The van der Waals surface area contributed by atoms with Crippen molar-refractivity contribution in [2.75, 3.05) is 11.4 Å². The van der Waals surface area contributed by atoms with E-state index in [1.54, 1.807) is 4.90 Å². The normalized spacial score (nSPS) is 16.6. The van der Waals surface area contributed by atoms with E-state index in [1.165, 1.54) is 0 Å². The number of carbonyl (C=O) groups excluding carboxylic acids is 2. The highest BCUT2D eigenvalue weighted by molar-refractivity contribution is 9.10. The van der Waals surface area contributed by atoms with Crippen LogP contribution in [0.4, 0.5) is 5.69 Å². The second-order valence-corrected chi connectivity index (χ2v) is 8.19. The van der Waals surface area contributed by atoms with E-state index in [4.69, 9.17) is 4.74 Å². The average molecular weight is 445 g/mol. The number of anilines is 1. The highest BCUT2D eigenvalue weighted by Gasteiger charge is 2.35. The minimum Gasteiger partial charge on any atom is -0.374 e. The van der Waals surface area contributed by atoms with Crippen molar-refractivity contribution in [3.05, 3.63) is 64.1 Å². The third-order valence-electron chi connectivity index (χ3n) is 4.69. The molecule has 0 aliphatic carbocycles. The van der Waals surface area contributed by atoms with Crippen LogP contribution in [0.3, 0.4) is 0 Å². The van der Waals surface area contributed by atoms with Gasteiger partial charge in [-0.15, -0.1) is 0 Å². The van der Waals surface area contributed by atoms with Gasteiger partial charge in [0, 0.05) is 29.7 Å². The molecule has 0 saturated carbocycles. The zero-order chi connectivity index (χ0) is 20.1. The van der Waals surface area contributed by atoms with Gasteiger partial charge in [0.15, 0.2) is 0 Å². The standard InChI is InChI=1S/C22H25BrN2O3/c1-15(2)28-14-17-8-6-16(7-9-17)12-24-22(27)18-10-21(26)25(13-18)20-5-3-4-19(23)11-20/h3-9,11,15,18H,10,12-14H2,1-2H3,(H,24,27). The molecule has 3 rings (SSSR count). The summed E-state index contributed by atoms with van der Waals surface area (Å²) in [5, 5.41) is 2.96. The van der Waals surface area contributed by atoms with Gasteiger partial charge in [-0.3, -0.25) is 9.59 Å². The summed E-state index contributed by atoms with van der Waals surface area (Å²) in [4.78, 5) is 26.6. The molecule has 5 nitrogen and oxygen atoms in total. The zero-order valence-corrected chi connectivity index (χ0v) is 17.7. The Hall–Kier alpha value is -2.18. The van der Waals surface area contributed by atoms with E-state index < -0.39 is 0 Å². The fourth-order valence-corrected chi connectivity index (χ4v) is 3.51. The first-order valence-electron chi connectivity index (χ1n) is 9.45. The molecule has 148 valence electrons. The molecule has 28 heavy (non-hydrogen) atoms. The van der Waals surface area contributed by atoms with E-state index in [1.807, 2.05) is 62.4 Å². The van der Waals surface area contributed by atoms with E-state index >= 15 is 0 Å². The number of rotatable bonds is 7. The fourth-order valence-electron chi connectivity index (χ4n) is 3.13. The van der Waals surface area contributed by atoms with Gasteiger partial charge >= 0.3 is 0 Å². The van der Waals surface area contributed by atoms with E-state index in [2.05, 4.69) is 21.2 Å². The SMILES string of the molecule is CC(C)OCc1ccc(CNC(=O)C2CC(=O)N(c3cccc(Br)c3)C2)cc1. The molecule has 1 unspecified atom stereocenters. The van der Waals surface area contributed by atoms with Crippen molar-refractivity contribution >= 4 is 33.4 Å². The Kier molecular flexibility index (Phi) is 6.86. The molecule has 2 amide bonds. The Morgan fingerprint density at radius 2 is 1.93 bits per heavy atom. The van der Waals surface area contributed by atoms with Gasteiger partial charge < -0.3 is 15.0 Å². The second kappa shape index (κ2) is 9.34. The lowest BCUT2D eigenvalue weighted by Gasteiger charge is -2.17. The van der Waals surface area contributed by atoms with Gasteiger partial charge in [-0.05, 0) is 43.2 Å². The van der Waals surface area contributed by atoms with Crippen molar-refractivity contribution in [1.29, 1.82) is 0 Å². The molecular weight excluding hydrogens is 420 g/mol.